The first-order chi connectivity index (χ1) is 16.3. The molecule has 0 bridgehead atoms. The van der Waals surface area contributed by atoms with Crippen LogP contribution in [0.5, 0.6) is 0 Å². The van der Waals surface area contributed by atoms with Gasteiger partial charge in [0.05, 0.1) is 6.04 Å². The molecule has 8 nitrogen and oxygen atoms in total. The van der Waals surface area contributed by atoms with Gasteiger partial charge in [-0.05, 0) is 47.4 Å². The van der Waals surface area contributed by atoms with Gasteiger partial charge < -0.3 is 26.2 Å². The molecule has 34 heavy (non-hydrogen) atoms. The van der Waals surface area contributed by atoms with Crippen LogP contribution in [0.15, 0.2) is 48.5 Å². The van der Waals surface area contributed by atoms with Crippen molar-refractivity contribution >= 4 is 18.0 Å². The number of ether oxygens (including phenoxy) is 1. The van der Waals surface area contributed by atoms with Gasteiger partial charge in [-0.3, -0.25) is 4.79 Å². The van der Waals surface area contributed by atoms with Crippen LogP contribution in [-0.4, -0.2) is 48.3 Å². The first-order valence-corrected chi connectivity index (χ1v) is 11.7. The zero-order valence-electron chi connectivity index (χ0n) is 19.6. The van der Waals surface area contributed by atoms with Crippen LogP contribution in [0, 0.1) is 5.92 Å². The minimum Gasteiger partial charge on any atom is -0.480 e. The number of carbonyl (C=O) groups excluding carboxylic acids is 2. The maximum Gasteiger partial charge on any atom is 0.407 e. The molecule has 0 saturated heterocycles. The van der Waals surface area contributed by atoms with E-state index >= 15 is 0 Å². The van der Waals surface area contributed by atoms with Crippen molar-refractivity contribution < 1.29 is 24.2 Å². The summed E-state index contributed by atoms with van der Waals surface area (Å²) in [5, 5.41) is 14.6. The molecule has 1 aliphatic rings. The van der Waals surface area contributed by atoms with E-state index in [1.165, 1.54) is 11.1 Å². The van der Waals surface area contributed by atoms with Gasteiger partial charge in [-0.2, -0.15) is 0 Å². The van der Waals surface area contributed by atoms with Crippen molar-refractivity contribution in [3.05, 3.63) is 59.7 Å². The third-order valence-electron chi connectivity index (χ3n) is 6.17. The minimum atomic E-state index is -1.10. The summed E-state index contributed by atoms with van der Waals surface area (Å²) in [6.07, 6.45) is 0.809. The lowest BCUT2D eigenvalue weighted by atomic mass is 9.98. The summed E-state index contributed by atoms with van der Waals surface area (Å²) >= 11 is 0. The second-order valence-electron chi connectivity index (χ2n) is 8.92. The largest absolute Gasteiger partial charge is 0.480 e. The summed E-state index contributed by atoms with van der Waals surface area (Å²) < 4.78 is 5.49. The number of amides is 2. The van der Waals surface area contributed by atoms with Crippen molar-refractivity contribution in [1.29, 1.82) is 0 Å². The molecule has 0 aliphatic heterocycles. The Hall–Kier alpha value is -3.39. The Morgan fingerprint density at radius 1 is 1.00 bits per heavy atom. The van der Waals surface area contributed by atoms with E-state index in [2.05, 4.69) is 34.9 Å². The number of carboxylic acids is 1. The van der Waals surface area contributed by atoms with Crippen LogP contribution in [0.4, 0.5) is 4.79 Å². The number of rotatable bonds is 11. The zero-order valence-corrected chi connectivity index (χ0v) is 19.6. The molecule has 8 heteroatoms. The maximum atomic E-state index is 12.2. The molecule has 182 valence electrons. The predicted molar refractivity (Wildman–Crippen MR) is 129 cm³/mol. The van der Waals surface area contributed by atoms with Crippen molar-refractivity contribution in [3.8, 4) is 11.1 Å². The number of fused-ring (bicyclic) bond motifs is 3. The first kappa shape index (κ1) is 25.2. The fraction of sp³-hybridized carbons (Fsp3) is 0.423. The van der Waals surface area contributed by atoms with Crippen LogP contribution < -0.4 is 16.4 Å². The van der Waals surface area contributed by atoms with E-state index in [4.69, 9.17) is 10.5 Å². The van der Waals surface area contributed by atoms with Gasteiger partial charge in [0.1, 0.15) is 12.6 Å². The van der Waals surface area contributed by atoms with Gasteiger partial charge in [0.25, 0.3) is 0 Å². The molecule has 0 aromatic heterocycles. The highest BCUT2D eigenvalue weighted by Gasteiger charge is 2.29. The number of aliphatic carboxylic acids is 1. The number of hydrogen-bond acceptors (Lipinski definition) is 5. The molecule has 0 saturated carbocycles. The summed E-state index contributed by atoms with van der Waals surface area (Å²) in [5.74, 6) is -1.67. The lowest BCUT2D eigenvalue weighted by molar-refractivity contribution is -0.142. The molecular weight excluding hydrogens is 434 g/mol. The third kappa shape index (κ3) is 6.14. The number of unbranched alkanes of at least 4 members (excludes halogenated alkanes) is 1. The molecule has 0 heterocycles. The monoisotopic (exact) mass is 467 g/mol. The van der Waals surface area contributed by atoms with Gasteiger partial charge in [0.15, 0.2) is 0 Å². The molecule has 0 spiro atoms. The van der Waals surface area contributed by atoms with E-state index in [0.29, 0.717) is 19.4 Å². The molecule has 3 rings (SSSR count). The molecule has 1 unspecified atom stereocenters. The molecule has 2 aromatic rings. The van der Waals surface area contributed by atoms with E-state index in [1.54, 1.807) is 13.8 Å². The van der Waals surface area contributed by atoms with Crippen LogP contribution >= 0.6 is 0 Å². The van der Waals surface area contributed by atoms with Crippen LogP contribution in [0.1, 0.15) is 50.2 Å². The summed E-state index contributed by atoms with van der Waals surface area (Å²) in [5.41, 5.74) is 10.4. The Labute approximate surface area is 199 Å². The van der Waals surface area contributed by atoms with E-state index in [0.717, 1.165) is 11.1 Å². The molecular formula is C26H33N3O5. The SMILES string of the molecule is CC(C)C(N)C(=O)N[C@@H](CCCCNC(=O)OCC1c2ccccc2-c2ccccc21)C(=O)O. The van der Waals surface area contributed by atoms with Crippen LogP contribution in [0.2, 0.25) is 0 Å². The topological polar surface area (TPSA) is 131 Å². The summed E-state index contributed by atoms with van der Waals surface area (Å²) in [6.45, 7) is 4.19. The number of carbonyl (C=O) groups is 3. The average Bonchev–Trinajstić information content (AvgIpc) is 3.14. The standard InChI is InChI=1S/C26H33N3O5/c1-16(2)23(27)24(30)29-22(25(31)32)13-7-8-14-28-26(33)34-15-21-19-11-5-3-9-17(19)18-10-4-6-12-20(18)21/h3-6,9-12,16,21-23H,7-8,13-15,27H2,1-2H3,(H,28,33)(H,29,30)(H,31,32)/t22-,23?/m0/s1. The summed E-state index contributed by atoms with van der Waals surface area (Å²) in [4.78, 5) is 35.7. The van der Waals surface area contributed by atoms with E-state index in [9.17, 15) is 19.5 Å². The summed E-state index contributed by atoms with van der Waals surface area (Å²) in [6, 6.07) is 14.5. The molecule has 2 amide bonds. The highest BCUT2D eigenvalue weighted by Crippen LogP contribution is 2.44. The van der Waals surface area contributed by atoms with Crippen molar-refractivity contribution in [2.24, 2.45) is 11.7 Å². The average molecular weight is 468 g/mol. The molecule has 0 fully saturated rings. The number of benzene rings is 2. The van der Waals surface area contributed by atoms with Gasteiger partial charge in [-0.25, -0.2) is 9.59 Å². The molecule has 0 radical (unpaired) electrons. The van der Waals surface area contributed by atoms with Gasteiger partial charge in [0, 0.05) is 12.5 Å². The van der Waals surface area contributed by atoms with E-state index in [1.807, 2.05) is 24.3 Å². The predicted octanol–water partition coefficient (Wildman–Crippen LogP) is 3.25. The Morgan fingerprint density at radius 2 is 1.59 bits per heavy atom. The minimum absolute atomic E-state index is 0.00436. The quantitative estimate of drug-likeness (QED) is 0.375. The van der Waals surface area contributed by atoms with E-state index in [-0.39, 0.29) is 24.9 Å². The second-order valence-corrected chi connectivity index (χ2v) is 8.92. The highest BCUT2D eigenvalue weighted by molar-refractivity contribution is 5.86. The Morgan fingerprint density at radius 3 is 2.15 bits per heavy atom. The highest BCUT2D eigenvalue weighted by atomic mass is 16.5. The number of nitrogens with one attached hydrogen (secondary N) is 2. The van der Waals surface area contributed by atoms with Gasteiger partial charge in [0.2, 0.25) is 5.91 Å². The molecule has 2 aromatic carbocycles. The number of nitrogens with two attached hydrogens (primary N) is 1. The smallest absolute Gasteiger partial charge is 0.407 e. The van der Waals surface area contributed by atoms with Crippen molar-refractivity contribution in [3.63, 3.8) is 0 Å². The zero-order chi connectivity index (χ0) is 24.7. The lowest BCUT2D eigenvalue weighted by Gasteiger charge is -2.19. The molecule has 1 aliphatic carbocycles. The van der Waals surface area contributed by atoms with Crippen molar-refractivity contribution in [2.45, 2.75) is 51.1 Å². The summed E-state index contributed by atoms with van der Waals surface area (Å²) in [7, 11) is 0. The molecule has 5 N–H and O–H groups in total. The van der Waals surface area contributed by atoms with Crippen LogP contribution in [-0.2, 0) is 14.3 Å². The lowest BCUT2D eigenvalue weighted by Crippen LogP contribution is -2.50. The van der Waals surface area contributed by atoms with Crippen molar-refractivity contribution in [2.75, 3.05) is 13.2 Å². The van der Waals surface area contributed by atoms with Crippen molar-refractivity contribution in [1.82, 2.24) is 10.6 Å². The second kappa shape index (κ2) is 11.7. The number of carboxylic acid groups (broad SMARTS) is 1. The number of hydrogen-bond donors (Lipinski definition) is 4. The normalized spacial score (nSPS) is 14.1. The van der Waals surface area contributed by atoms with Crippen LogP contribution in [0.25, 0.3) is 11.1 Å². The van der Waals surface area contributed by atoms with E-state index < -0.39 is 30.1 Å². The van der Waals surface area contributed by atoms with Crippen LogP contribution in [0.3, 0.4) is 0 Å². The first-order valence-electron chi connectivity index (χ1n) is 11.7. The fourth-order valence-corrected chi connectivity index (χ4v) is 4.14. The van der Waals surface area contributed by atoms with Gasteiger partial charge >= 0.3 is 12.1 Å². The maximum absolute atomic E-state index is 12.2. The fourth-order valence-electron chi connectivity index (χ4n) is 4.14. The third-order valence-corrected chi connectivity index (χ3v) is 6.17. The number of alkyl carbamates (subject to hydrolysis) is 1. The Bertz CT molecular complexity index is 978. The van der Waals surface area contributed by atoms with Gasteiger partial charge in [-0.1, -0.05) is 62.4 Å². The Kier molecular flexibility index (Phi) is 8.65. The Balaban J connectivity index is 1.41. The molecule has 2 atom stereocenters. The van der Waals surface area contributed by atoms with Gasteiger partial charge in [-0.15, -0.1) is 0 Å².